The molecule has 0 aromatic carbocycles. The summed E-state index contributed by atoms with van der Waals surface area (Å²) in [6, 6.07) is 3.85. The molecule has 2 aromatic rings. The van der Waals surface area contributed by atoms with E-state index in [1.807, 2.05) is 12.1 Å². The highest BCUT2D eigenvalue weighted by Gasteiger charge is 2.11. The number of anilines is 1. The van der Waals surface area contributed by atoms with E-state index < -0.39 is 0 Å². The van der Waals surface area contributed by atoms with Gasteiger partial charge in [0.15, 0.2) is 0 Å². The molecule has 0 bridgehead atoms. The molecule has 21 heavy (non-hydrogen) atoms. The van der Waals surface area contributed by atoms with E-state index in [2.05, 4.69) is 15.4 Å². The third-order valence-electron chi connectivity index (χ3n) is 2.80. The van der Waals surface area contributed by atoms with E-state index >= 15 is 0 Å². The summed E-state index contributed by atoms with van der Waals surface area (Å²) < 4.78 is 1.76. The molecule has 1 amide bonds. The standard InChI is InChI=1S/C13H17N5O.2ClH/c1-10(6-14)13(19)17-12-7-16-18(9-12)8-11-2-4-15-5-3-11;;/h2-5,7,9-10H,6,8,14H2,1H3,(H,17,19);2*1H. The van der Waals surface area contributed by atoms with E-state index in [0.29, 0.717) is 18.8 Å². The zero-order valence-corrected chi connectivity index (χ0v) is 13.2. The van der Waals surface area contributed by atoms with Crippen LogP contribution in [0.3, 0.4) is 0 Å². The lowest BCUT2D eigenvalue weighted by Crippen LogP contribution is -2.26. The van der Waals surface area contributed by atoms with Crippen molar-refractivity contribution < 1.29 is 4.79 Å². The molecule has 0 aliphatic heterocycles. The fraction of sp³-hybridized carbons (Fsp3) is 0.308. The predicted molar refractivity (Wildman–Crippen MR) is 86.9 cm³/mol. The Hall–Kier alpha value is -1.63. The van der Waals surface area contributed by atoms with Crippen LogP contribution in [0.4, 0.5) is 5.69 Å². The number of nitrogens with one attached hydrogen (secondary N) is 1. The fourth-order valence-electron chi connectivity index (χ4n) is 1.56. The molecule has 6 nitrogen and oxygen atoms in total. The van der Waals surface area contributed by atoms with Gasteiger partial charge >= 0.3 is 0 Å². The zero-order valence-electron chi connectivity index (χ0n) is 11.6. The molecule has 1 unspecified atom stereocenters. The number of hydrogen-bond acceptors (Lipinski definition) is 4. The topological polar surface area (TPSA) is 85.8 Å². The first-order valence-electron chi connectivity index (χ1n) is 6.11. The van der Waals surface area contributed by atoms with Gasteiger partial charge in [-0.1, -0.05) is 6.92 Å². The van der Waals surface area contributed by atoms with E-state index in [4.69, 9.17) is 5.73 Å². The zero-order chi connectivity index (χ0) is 13.7. The van der Waals surface area contributed by atoms with Gasteiger partial charge in [0, 0.05) is 31.1 Å². The number of halogens is 2. The number of rotatable bonds is 5. The quantitative estimate of drug-likeness (QED) is 0.873. The van der Waals surface area contributed by atoms with Crippen LogP contribution in [0.5, 0.6) is 0 Å². The summed E-state index contributed by atoms with van der Waals surface area (Å²) in [6.07, 6.45) is 6.90. The molecule has 3 N–H and O–H groups in total. The lowest BCUT2D eigenvalue weighted by molar-refractivity contribution is -0.119. The summed E-state index contributed by atoms with van der Waals surface area (Å²) in [7, 11) is 0. The minimum atomic E-state index is -0.205. The molecule has 8 heteroatoms. The maximum absolute atomic E-state index is 11.7. The molecule has 0 aliphatic rings. The van der Waals surface area contributed by atoms with Crippen LogP contribution in [0.1, 0.15) is 12.5 Å². The maximum atomic E-state index is 11.7. The second kappa shape index (κ2) is 9.33. The van der Waals surface area contributed by atoms with Crippen LogP contribution in [0.2, 0.25) is 0 Å². The minimum Gasteiger partial charge on any atom is -0.330 e. The van der Waals surface area contributed by atoms with Gasteiger partial charge < -0.3 is 11.1 Å². The molecule has 0 fully saturated rings. The molecule has 2 heterocycles. The van der Waals surface area contributed by atoms with Crippen molar-refractivity contribution in [2.24, 2.45) is 11.7 Å². The number of carbonyl (C=O) groups excluding carboxylic acids is 1. The molecule has 0 radical (unpaired) electrons. The number of carbonyl (C=O) groups is 1. The SMILES string of the molecule is CC(CN)C(=O)Nc1cnn(Cc2ccncc2)c1.Cl.Cl. The van der Waals surface area contributed by atoms with E-state index in [9.17, 15) is 4.79 Å². The molecule has 2 rings (SSSR count). The van der Waals surface area contributed by atoms with Crippen LogP contribution in [0.15, 0.2) is 36.9 Å². The van der Waals surface area contributed by atoms with Crippen molar-refractivity contribution in [3.63, 3.8) is 0 Å². The van der Waals surface area contributed by atoms with Crippen molar-refractivity contribution in [3.8, 4) is 0 Å². The van der Waals surface area contributed by atoms with E-state index in [-0.39, 0.29) is 36.6 Å². The van der Waals surface area contributed by atoms with Crippen molar-refractivity contribution >= 4 is 36.4 Å². The molecular formula is C13H19Cl2N5O. The number of amides is 1. The number of pyridine rings is 1. The lowest BCUT2D eigenvalue weighted by atomic mass is 10.2. The molecule has 116 valence electrons. The normalized spacial score (nSPS) is 11.0. The van der Waals surface area contributed by atoms with Crippen molar-refractivity contribution in [2.75, 3.05) is 11.9 Å². The molecular weight excluding hydrogens is 313 g/mol. The third kappa shape index (κ3) is 5.71. The first kappa shape index (κ1) is 19.4. The molecule has 0 saturated heterocycles. The van der Waals surface area contributed by atoms with E-state index in [1.54, 1.807) is 36.4 Å². The number of aromatic nitrogens is 3. The van der Waals surface area contributed by atoms with E-state index in [1.165, 1.54) is 0 Å². The second-order valence-electron chi connectivity index (χ2n) is 4.41. The molecule has 2 aromatic heterocycles. The number of nitrogens with two attached hydrogens (primary N) is 1. The Bertz CT molecular complexity index is 547. The Morgan fingerprint density at radius 3 is 2.67 bits per heavy atom. The van der Waals surface area contributed by atoms with Gasteiger partial charge in [-0.05, 0) is 17.7 Å². The fourth-order valence-corrected chi connectivity index (χ4v) is 1.56. The van der Waals surface area contributed by atoms with Crippen LogP contribution >= 0.6 is 24.8 Å². The predicted octanol–water partition coefficient (Wildman–Crippen LogP) is 1.70. The first-order chi connectivity index (χ1) is 9.19. The minimum absolute atomic E-state index is 0. The summed E-state index contributed by atoms with van der Waals surface area (Å²) >= 11 is 0. The lowest BCUT2D eigenvalue weighted by Gasteiger charge is -2.07. The molecule has 0 aliphatic carbocycles. The Kier molecular flexibility index (Phi) is 8.61. The van der Waals surface area contributed by atoms with Gasteiger partial charge in [-0.2, -0.15) is 5.10 Å². The van der Waals surface area contributed by atoms with Crippen LogP contribution in [0.25, 0.3) is 0 Å². The van der Waals surface area contributed by atoms with Gasteiger partial charge in [0.2, 0.25) is 5.91 Å². The van der Waals surface area contributed by atoms with E-state index in [0.717, 1.165) is 5.56 Å². The number of nitrogens with zero attached hydrogens (tertiary/aromatic N) is 3. The average molecular weight is 332 g/mol. The van der Waals surface area contributed by atoms with Gasteiger partial charge in [-0.3, -0.25) is 14.5 Å². The summed E-state index contributed by atoms with van der Waals surface area (Å²) in [4.78, 5) is 15.6. The summed E-state index contributed by atoms with van der Waals surface area (Å²) in [5, 5.41) is 6.98. The highest BCUT2D eigenvalue weighted by atomic mass is 35.5. The Balaban J connectivity index is 0.00000200. The Labute approximate surface area is 135 Å². The largest absolute Gasteiger partial charge is 0.330 e. The highest BCUT2D eigenvalue weighted by molar-refractivity contribution is 5.92. The summed E-state index contributed by atoms with van der Waals surface area (Å²) in [5.74, 6) is -0.297. The van der Waals surface area contributed by atoms with Crippen molar-refractivity contribution in [1.82, 2.24) is 14.8 Å². The van der Waals surface area contributed by atoms with Crippen LogP contribution in [-0.2, 0) is 11.3 Å². The van der Waals surface area contributed by atoms with Gasteiger partial charge in [-0.25, -0.2) is 0 Å². The maximum Gasteiger partial charge on any atom is 0.228 e. The molecule has 0 saturated carbocycles. The second-order valence-corrected chi connectivity index (χ2v) is 4.41. The average Bonchev–Trinajstić information content (AvgIpc) is 2.86. The van der Waals surface area contributed by atoms with Gasteiger partial charge in [-0.15, -0.1) is 24.8 Å². The summed E-state index contributed by atoms with van der Waals surface area (Å²) in [6.45, 7) is 2.76. The third-order valence-corrected chi connectivity index (χ3v) is 2.80. The Morgan fingerprint density at radius 1 is 1.38 bits per heavy atom. The van der Waals surface area contributed by atoms with Crippen LogP contribution in [0, 0.1) is 5.92 Å². The number of hydrogen-bond donors (Lipinski definition) is 2. The monoisotopic (exact) mass is 331 g/mol. The van der Waals surface area contributed by atoms with Crippen molar-refractivity contribution in [3.05, 3.63) is 42.5 Å². The van der Waals surface area contributed by atoms with Gasteiger partial charge in [0.05, 0.1) is 18.4 Å². The van der Waals surface area contributed by atoms with Gasteiger partial charge in [0.1, 0.15) is 0 Å². The van der Waals surface area contributed by atoms with Crippen LogP contribution in [-0.4, -0.2) is 27.2 Å². The van der Waals surface area contributed by atoms with Gasteiger partial charge in [0.25, 0.3) is 0 Å². The first-order valence-corrected chi connectivity index (χ1v) is 6.11. The van der Waals surface area contributed by atoms with Crippen molar-refractivity contribution in [1.29, 1.82) is 0 Å². The molecule has 0 spiro atoms. The smallest absolute Gasteiger partial charge is 0.228 e. The van der Waals surface area contributed by atoms with Crippen molar-refractivity contribution in [2.45, 2.75) is 13.5 Å². The Morgan fingerprint density at radius 2 is 2.05 bits per heavy atom. The van der Waals surface area contributed by atoms with Crippen LogP contribution < -0.4 is 11.1 Å². The molecule has 1 atom stereocenters. The highest BCUT2D eigenvalue weighted by Crippen LogP contribution is 2.09. The summed E-state index contributed by atoms with van der Waals surface area (Å²) in [5.41, 5.74) is 7.23.